The SMILES string of the molecule is Cc1cccc(C(=O)NC(CCO)C2CC2)c1O. The molecule has 0 heterocycles. The largest absolute Gasteiger partial charge is 0.507 e. The molecule has 0 aliphatic heterocycles. The molecule has 0 bridgehead atoms. The van der Waals surface area contributed by atoms with Crippen LogP contribution in [0.5, 0.6) is 5.75 Å². The summed E-state index contributed by atoms with van der Waals surface area (Å²) in [6.07, 6.45) is 2.78. The van der Waals surface area contributed by atoms with Crippen LogP contribution in [0.1, 0.15) is 35.2 Å². The van der Waals surface area contributed by atoms with Gasteiger partial charge in [0.25, 0.3) is 5.91 Å². The molecule has 0 aromatic heterocycles. The van der Waals surface area contributed by atoms with E-state index < -0.39 is 0 Å². The van der Waals surface area contributed by atoms with Crippen molar-refractivity contribution in [2.75, 3.05) is 6.61 Å². The van der Waals surface area contributed by atoms with E-state index in [1.54, 1.807) is 25.1 Å². The van der Waals surface area contributed by atoms with Crippen LogP contribution >= 0.6 is 0 Å². The van der Waals surface area contributed by atoms with E-state index in [2.05, 4.69) is 5.32 Å². The van der Waals surface area contributed by atoms with Crippen LogP contribution < -0.4 is 5.32 Å². The fraction of sp³-hybridized carbons (Fsp3) is 0.500. The van der Waals surface area contributed by atoms with Gasteiger partial charge in [-0.05, 0) is 43.7 Å². The Kier molecular flexibility index (Phi) is 3.87. The highest BCUT2D eigenvalue weighted by Gasteiger charge is 2.32. The first-order valence-electron chi connectivity index (χ1n) is 6.33. The minimum absolute atomic E-state index is 0.0161. The normalized spacial score (nSPS) is 16.3. The number of carbonyl (C=O) groups is 1. The molecule has 1 fully saturated rings. The molecule has 0 saturated heterocycles. The van der Waals surface area contributed by atoms with Crippen molar-refractivity contribution in [3.8, 4) is 5.75 Å². The second-order valence-corrected chi connectivity index (χ2v) is 4.90. The van der Waals surface area contributed by atoms with Gasteiger partial charge < -0.3 is 15.5 Å². The number of phenolic OH excluding ortho intramolecular Hbond substituents is 1. The zero-order valence-corrected chi connectivity index (χ0v) is 10.5. The van der Waals surface area contributed by atoms with E-state index in [-0.39, 0.29) is 24.3 Å². The summed E-state index contributed by atoms with van der Waals surface area (Å²) in [5.41, 5.74) is 0.992. The molecule has 4 nitrogen and oxygen atoms in total. The molecule has 1 saturated carbocycles. The van der Waals surface area contributed by atoms with Crippen molar-refractivity contribution in [2.45, 2.75) is 32.2 Å². The van der Waals surface area contributed by atoms with Crippen molar-refractivity contribution in [2.24, 2.45) is 5.92 Å². The lowest BCUT2D eigenvalue weighted by Gasteiger charge is -2.17. The van der Waals surface area contributed by atoms with Crippen LogP contribution in [0.4, 0.5) is 0 Å². The van der Waals surface area contributed by atoms with Crippen LogP contribution in [0.2, 0.25) is 0 Å². The third-order valence-corrected chi connectivity index (χ3v) is 3.43. The predicted octanol–water partition coefficient (Wildman–Crippen LogP) is 1.59. The lowest BCUT2D eigenvalue weighted by molar-refractivity contribution is 0.0921. The third-order valence-electron chi connectivity index (χ3n) is 3.43. The van der Waals surface area contributed by atoms with E-state index in [9.17, 15) is 9.90 Å². The Balaban J connectivity index is 2.08. The van der Waals surface area contributed by atoms with Gasteiger partial charge in [-0.3, -0.25) is 4.79 Å². The van der Waals surface area contributed by atoms with E-state index in [1.807, 2.05) is 0 Å². The van der Waals surface area contributed by atoms with Gasteiger partial charge >= 0.3 is 0 Å². The first-order chi connectivity index (χ1) is 8.63. The van der Waals surface area contributed by atoms with Crippen LogP contribution in [0.3, 0.4) is 0 Å². The number of hydrogen-bond donors (Lipinski definition) is 3. The molecule has 98 valence electrons. The Morgan fingerprint density at radius 3 is 2.83 bits per heavy atom. The monoisotopic (exact) mass is 249 g/mol. The van der Waals surface area contributed by atoms with Gasteiger partial charge in [-0.15, -0.1) is 0 Å². The molecule has 3 N–H and O–H groups in total. The number of nitrogens with one attached hydrogen (secondary N) is 1. The number of phenols is 1. The number of carbonyl (C=O) groups excluding carboxylic acids is 1. The van der Waals surface area contributed by atoms with Gasteiger partial charge in [0.1, 0.15) is 5.75 Å². The Bertz CT molecular complexity index is 441. The van der Waals surface area contributed by atoms with Crippen LogP contribution in [0.25, 0.3) is 0 Å². The second kappa shape index (κ2) is 5.40. The highest BCUT2D eigenvalue weighted by Crippen LogP contribution is 2.34. The van der Waals surface area contributed by atoms with Crippen molar-refractivity contribution in [3.63, 3.8) is 0 Å². The topological polar surface area (TPSA) is 69.6 Å². The number of para-hydroxylation sites is 1. The maximum atomic E-state index is 12.1. The molecule has 4 heteroatoms. The molecular formula is C14H19NO3. The summed E-state index contributed by atoms with van der Waals surface area (Å²) in [4.78, 5) is 12.1. The first-order valence-corrected chi connectivity index (χ1v) is 6.33. The van der Waals surface area contributed by atoms with Crippen molar-refractivity contribution >= 4 is 5.91 Å². The van der Waals surface area contributed by atoms with Crippen molar-refractivity contribution in [3.05, 3.63) is 29.3 Å². The average molecular weight is 249 g/mol. The Labute approximate surface area is 107 Å². The molecule has 1 atom stereocenters. The fourth-order valence-electron chi connectivity index (χ4n) is 2.15. The number of aliphatic hydroxyl groups excluding tert-OH is 1. The third kappa shape index (κ3) is 2.82. The number of hydrogen-bond acceptors (Lipinski definition) is 3. The quantitative estimate of drug-likeness (QED) is 0.742. The smallest absolute Gasteiger partial charge is 0.255 e. The van der Waals surface area contributed by atoms with Gasteiger partial charge in [0.15, 0.2) is 0 Å². The molecular weight excluding hydrogens is 230 g/mol. The zero-order chi connectivity index (χ0) is 13.1. The van der Waals surface area contributed by atoms with Crippen molar-refractivity contribution in [1.29, 1.82) is 0 Å². The summed E-state index contributed by atoms with van der Waals surface area (Å²) in [5.74, 6) is 0.253. The summed E-state index contributed by atoms with van der Waals surface area (Å²) in [5, 5.41) is 21.8. The molecule has 1 aromatic rings. The van der Waals surface area contributed by atoms with E-state index in [0.29, 0.717) is 23.5 Å². The molecule has 1 amide bonds. The standard InChI is InChI=1S/C14H19NO3/c1-9-3-2-4-11(13(9)17)14(18)15-12(7-8-16)10-5-6-10/h2-4,10,12,16-17H,5-8H2,1H3,(H,15,18). The Morgan fingerprint density at radius 2 is 2.22 bits per heavy atom. The Hall–Kier alpha value is -1.55. The van der Waals surface area contributed by atoms with Gasteiger partial charge in [-0.25, -0.2) is 0 Å². The van der Waals surface area contributed by atoms with Gasteiger partial charge in [0, 0.05) is 12.6 Å². The van der Waals surface area contributed by atoms with Crippen LogP contribution in [0, 0.1) is 12.8 Å². The van der Waals surface area contributed by atoms with E-state index >= 15 is 0 Å². The maximum Gasteiger partial charge on any atom is 0.255 e. The molecule has 1 unspecified atom stereocenters. The molecule has 0 radical (unpaired) electrons. The number of benzene rings is 1. The molecule has 1 aromatic carbocycles. The molecule has 18 heavy (non-hydrogen) atoms. The number of amides is 1. The van der Waals surface area contributed by atoms with Crippen LogP contribution in [-0.4, -0.2) is 28.8 Å². The van der Waals surface area contributed by atoms with Gasteiger partial charge in [-0.2, -0.15) is 0 Å². The summed E-state index contributed by atoms with van der Waals surface area (Å²) >= 11 is 0. The first kappa shape index (κ1) is 12.9. The molecule has 0 spiro atoms. The van der Waals surface area contributed by atoms with E-state index in [1.165, 1.54) is 0 Å². The lowest BCUT2D eigenvalue weighted by atomic mass is 10.1. The van der Waals surface area contributed by atoms with E-state index in [4.69, 9.17) is 5.11 Å². The van der Waals surface area contributed by atoms with Crippen molar-refractivity contribution in [1.82, 2.24) is 5.32 Å². The average Bonchev–Trinajstić information content (AvgIpc) is 3.16. The van der Waals surface area contributed by atoms with Gasteiger partial charge in [0.05, 0.1) is 5.56 Å². The molecule has 1 aliphatic carbocycles. The molecule has 2 rings (SSSR count). The number of aryl methyl sites for hydroxylation is 1. The van der Waals surface area contributed by atoms with Crippen LogP contribution in [0.15, 0.2) is 18.2 Å². The van der Waals surface area contributed by atoms with Crippen molar-refractivity contribution < 1.29 is 15.0 Å². The summed E-state index contributed by atoms with van der Waals surface area (Å²) in [6.45, 7) is 1.83. The van der Waals surface area contributed by atoms with Gasteiger partial charge in [-0.1, -0.05) is 12.1 Å². The predicted molar refractivity (Wildman–Crippen MR) is 68.5 cm³/mol. The maximum absolute atomic E-state index is 12.1. The minimum atomic E-state index is -0.262. The number of aliphatic hydroxyl groups is 1. The van der Waals surface area contributed by atoms with Crippen LogP contribution in [-0.2, 0) is 0 Å². The minimum Gasteiger partial charge on any atom is -0.507 e. The molecule has 1 aliphatic rings. The highest BCUT2D eigenvalue weighted by molar-refractivity contribution is 5.97. The summed E-state index contributed by atoms with van der Waals surface area (Å²) in [6, 6.07) is 5.14. The fourth-order valence-corrected chi connectivity index (χ4v) is 2.15. The van der Waals surface area contributed by atoms with E-state index in [0.717, 1.165) is 12.8 Å². The number of aromatic hydroxyl groups is 1. The zero-order valence-electron chi connectivity index (χ0n) is 10.5. The lowest BCUT2D eigenvalue weighted by Crippen LogP contribution is -2.37. The number of rotatable bonds is 5. The van der Waals surface area contributed by atoms with Gasteiger partial charge in [0.2, 0.25) is 0 Å². The second-order valence-electron chi connectivity index (χ2n) is 4.90. The summed E-state index contributed by atoms with van der Waals surface area (Å²) in [7, 11) is 0. The Morgan fingerprint density at radius 1 is 1.50 bits per heavy atom. The highest BCUT2D eigenvalue weighted by atomic mass is 16.3. The summed E-state index contributed by atoms with van der Waals surface area (Å²) < 4.78 is 0.